The zero-order valence-electron chi connectivity index (χ0n) is 13.0. The van der Waals surface area contributed by atoms with Crippen LogP contribution in [0, 0.1) is 0 Å². The number of hydrogen-bond acceptors (Lipinski definition) is 4. The summed E-state index contributed by atoms with van der Waals surface area (Å²) in [6, 6.07) is 3.80. The number of phenols is 1. The molecule has 1 N–H and O–H groups in total. The number of hydrogen-bond donors (Lipinski definition) is 1. The normalized spacial score (nSPS) is 14.5. The van der Waals surface area contributed by atoms with Crippen LogP contribution in [-0.2, 0) is 11.2 Å². The Balaban J connectivity index is 2.36. The van der Waals surface area contributed by atoms with Crippen LogP contribution in [-0.4, -0.2) is 30.8 Å². The van der Waals surface area contributed by atoms with E-state index in [1.165, 1.54) is 12.8 Å². The first-order valence-corrected chi connectivity index (χ1v) is 7.95. The first kappa shape index (κ1) is 15.7. The Morgan fingerprint density at radius 1 is 1.29 bits per heavy atom. The summed E-state index contributed by atoms with van der Waals surface area (Å²) in [6.45, 7) is 6.24. The molecule has 116 valence electrons. The van der Waals surface area contributed by atoms with Crippen LogP contribution in [0.4, 0.5) is 5.69 Å². The van der Waals surface area contributed by atoms with Crippen molar-refractivity contribution in [1.29, 1.82) is 0 Å². The maximum Gasteiger partial charge on any atom is 0.341 e. The van der Waals surface area contributed by atoms with Gasteiger partial charge in [0.2, 0.25) is 0 Å². The highest BCUT2D eigenvalue weighted by molar-refractivity contribution is 5.94. The Morgan fingerprint density at radius 3 is 2.62 bits per heavy atom. The van der Waals surface area contributed by atoms with Crippen LogP contribution in [0.15, 0.2) is 12.1 Å². The van der Waals surface area contributed by atoms with Crippen molar-refractivity contribution >= 4 is 11.7 Å². The summed E-state index contributed by atoms with van der Waals surface area (Å²) >= 11 is 0. The number of aromatic hydroxyl groups is 1. The van der Waals surface area contributed by atoms with Crippen LogP contribution in [0.2, 0.25) is 0 Å². The number of phenolic OH excluding ortho intramolecular Hbond substituents is 1. The van der Waals surface area contributed by atoms with Gasteiger partial charge in [0, 0.05) is 18.8 Å². The van der Waals surface area contributed by atoms with Gasteiger partial charge >= 0.3 is 5.97 Å². The van der Waals surface area contributed by atoms with E-state index in [0.29, 0.717) is 12.2 Å². The number of nitrogens with zero attached hydrogens (tertiary/aromatic N) is 1. The molecule has 0 spiro atoms. The zero-order chi connectivity index (χ0) is 15.2. The third kappa shape index (κ3) is 3.69. The van der Waals surface area contributed by atoms with E-state index in [1.807, 2.05) is 6.07 Å². The second-order valence-electron chi connectivity index (χ2n) is 5.52. The summed E-state index contributed by atoms with van der Waals surface area (Å²) < 4.78 is 5.07. The predicted octanol–water partition coefficient (Wildman–Crippen LogP) is 3.51. The van der Waals surface area contributed by atoms with Gasteiger partial charge < -0.3 is 14.7 Å². The number of aryl methyl sites for hydroxylation is 1. The van der Waals surface area contributed by atoms with Gasteiger partial charge in [-0.05, 0) is 50.3 Å². The average molecular weight is 291 g/mol. The van der Waals surface area contributed by atoms with E-state index in [0.717, 1.165) is 43.6 Å². The van der Waals surface area contributed by atoms with Gasteiger partial charge in [0.1, 0.15) is 11.3 Å². The van der Waals surface area contributed by atoms with Gasteiger partial charge in [-0.2, -0.15) is 0 Å². The predicted molar refractivity (Wildman–Crippen MR) is 84.1 cm³/mol. The number of rotatable bonds is 6. The van der Waals surface area contributed by atoms with Crippen molar-refractivity contribution in [3.05, 3.63) is 23.3 Å². The van der Waals surface area contributed by atoms with E-state index in [2.05, 4.69) is 11.8 Å². The van der Waals surface area contributed by atoms with Gasteiger partial charge in [0.05, 0.1) is 6.61 Å². The van der Waals surface area contributed by atoms with Crippen molar-refractivity contribution in [3.63, 3.8) is 0 Å². The van der Waals surface area contributed by atoms with Gasteiger partial charge in [-0.25, -0.2) is 4.79 Å². The number of esters is 1. The number of ether oxygens (including phenoxy) is 1. The number of anilines is 1. The zero-order valence-corrected chi connectivity index (χ0v) is 13.0. The molecule has 4 heteroatoms. The van der Waals surface area contributed by atoms with E-state index in [1.54, 1.807) is 13.0 Å². The highest BCUT2D eigenvalue weighted by Gasteiger charge is 2.21. The SMILES string of the molecule is CCCCc1cc(N2CCCC2)cc(C(=O)OCC)c1O. The molecule has 1 aliphatic rings. The molecule has 1 aliphatic heterocycles. The largest absolute Gasteiger partial charge is 0.507 e. The summed E-state index contributed by atoms with van der Waals surface area (Å²) in [5.74, 6) is -0.348. The fourth-order valence-corrected chi connectivity index (χ4v) is 2.76. The second-order valence-corrected chi connectivity index (χ2v) is 5.52. The maximum absolute atomic E-state index is 12.1. The molecule has 0 radical (unpaired) electrons. The van der Waals surface area contributed by atoms with Crippen LogP contribution in [0.3, 0.4) is 0 Å². The Bertz CT molecular complexity index is 493. The molecule has 0 unspecified atom stereocenters. The Morgan fingerprint density at radius 2 is 2.00 bits per heavy atom. The topological polar surface area (TPSA) is 49.8 Å². The second kappa shape index (κ2) is 7.34. The summed E-state index contributed by atoms with van der Waals surface area (Å²) in [5.41, 5.74) is 2.18. The molecule has 0 aliphatic carbocycles. The summed E-state index contributed by atoms with van der Waals surface area (Å²) in [6.07, 6.45) is 5.21. The molecule has 0 aromatic heterocycles. The monoisotopic (exact) mass is 291 g/mol. The van der Waals surface area contributed by atoms with Gasteiger partial charge in [-0.3, -0.25) is 0 Å². The van der Waals surface area contributed by atoms with Crippen molar-refractivity contribution in [2.75, 3.05) is 24.6 Å². The van der Waals surface area contributed by atoms with Crippen molar-refractivity contribution in [3.8, 4) is 5.75 Å². The number of carbonyl (C=O) groups is 1. The third-order valence-electron chi connectivity index (χ3n) is 3.94. The van der Waals surface area contributed by atoms with E-state index < -0.39 is 5.97 Å². The molecule has 2 rings (SSSR count). The Labute approximate surface area is 126 Å². The lowest BCUT2D eigenvalue weighted by molar-refractivity contribution is 0.0523. The van der Waals surface area contributed by atoms with Crippen molar-refractivity contribution in [2.45, 2.75) is 46.0 Å². The van der Waals surface area contributed by atoms with Crippen LogP contribution in [0.1, 0.15) is 55.5 Å². The number of carbonyl (C=O) groups excluding carboxylic acids is 1. The van der Waals surface area contributed by atoms with Crippen LogP contribution >= 0.6 is 0 Å². The Kier molecular flexibility index (Phi) is 5.48. The number of benzene rings is 1. The van der Waals surface area contributed by atoms with Crippen molar-refractivity contribution < 1.29 is 14.6 Å². The van der Waals surface area contributed by atoms with Crippen LogP contribution < -0.4 is 4.90 Å². The molecule has 1 heterocycles. The maximum atomic E-state index is 12.1. The van der Waals surface area contributed by atoms with Crippen molar-refractivity contribution in [1.82, 2.24) is 0 Å². The minimum atomic E-state index is -0.436. The average Bonchev–Trinajstić information content (AvgIpc) is 3.00. The minimum absolute atomic E-state index is 0.0878. The quantitative estimate of drug-likeness (QED) is 0.815. The van der Waals surface area contributed by atoms with Crippen LogP contribution in [0.25, 0.3) is 0 Å². The van der Waals surface area contributed by atoms with Crippen molar-refractivity contribution in [2.24, 2.45) is 0 Å². The van der Waals surface area contributed by atoms with Crippen LogP contribution in [0.5, 0.6) is 5.75 Å². The van der Waals surface area contributed by atoms with E-state index in [4.69, 9.17) is 4.74 Å². The molecule has 0 atom stereocenters. The lowest BCUT2D eigenvalue weighted by Crippen LogP contribution is -2.19. The number of unbranched alkanes of at least 4 members (excludes halogenated alkanes) is 1. The lowest BCUT2D eigenvalue weighted by Gasteiger charge is -2.20. The molecule has 1 fully saturated rings. The molecular weight excluding hydrogens is 266 g/mol. The molecular formula is C17H25NO3. The lowest BCUT2D eigenvalue weighted by atomic mass is 10.0. The minimum Gasteiger partial charge on any atom is -0.507 e. The summed E-state index contributed by atoms with van der Waals surface area (Å²) in [4.78, 5) is 14.3. The Hall–Kier alpha value is -1.71. The van der Waals surface area contributed by atoms with E-state index in [-0.39, 0.29) is 5.75 Å². The van der Waals surface area contributed by atoms with Gasteiger partial charge in [0.15, 0.2) is 0 Å². The van der Waals surface area contributed by atoms with E-state index in [9.17, 15) is 9.90 Å². The van der Waals surface area contributed by atoms with E-state index >= 15 is 0 Å². The van der Waals surface area contributed by atoms with Gasteiger partial charge in [0.25, 0.3) is 0 Å². The first-order chi connectivity index (χ1) is 10.2. The fourth-order valence-electron chi connectivity index (χ4n) is 2.76. The summed E-state index contributed by atoms with van der Waals surface area (Å²) in [5, 5.41) is 10.4. The third-order valence-corrected chi connectivity index (χ3v) is 3.94. The fraction of sp³-hybridized carbons (Fsp3) is 0.588. The van der Waals surface area contributed by atoms with Gasteiger partial charge in [-0.1, -0.05) is 13.3 Å². The molecule has 0 saturated carbocycles. The molecule has 1 saturated heterocycles. The smallest absolute Gasteiger partial charge is 0.341 e. The first-order valence-electron chi connectivity index (χ1n) is 7.95. The molecule has 1 aromatic carbocycles. The molecule has 21 heavy (non-hydrogen) atoms. The highest BCUT2D eigenvalue weighted by atomic mass is 16.5. The molecule has 0 amide bonds. The standard InChI is InChI=1S/C17H25NO3/c1-3-5-8-13-11-14(18-9-6-7-10-18)12-15(16(13)19)17(20)21-4-2/h11-12,19H,3-10H2,1-2H3. The highest BCUT2D eigenvalue weighted by Crippen LogP contribution is 2.32. The summed E-state index contributed by atoms with van der Waals surface area (Å²) in [7, 11) is 0. The molecule has 4 nitrogen and oxygen atoms in total. The van der Waals surface area contributed by atoms with Gasteiger partial charge in [-0.15, -0.1) is 0 Å². The molecule has 0 bridgehead atoms. The molecule has 1 aromatic rings.